The van der Waals surface area contributed by atoms with Crippen molar-refractivity contribution in [3.05, 3.63) is 23.3 Å². The van der Waals surface area contributed by atoms with Gasteiger partial charge in [-0.05, 0) is 70.6 Å². The van der Waals surface area contributed by atoms with Crippen molar-refractivity contribution in [2.45, 2.75) is 78.0 Å². The molecule has 0 saturated carbocycles. The number of anilines is 1. The Bertz CT molecular complexity index is 934. The maximum absolute atomic E-state index is 14.0. The molecule has 1 aromatic rings. The van der Waals surface area contributed by atoms with Crippen molar-refractivity contribution in [3.63, 3.8) is 0 Å². The number of carboxylic acid groups (broad SMARTS) is 1. The lowest BCUT2D eigenvalue weighted by Gasteiger charge is -2.41. The number of aryl methyl sites for hydroxylation is 1. The standard InChI is InChI=1S/C26H39N3O6/c1-6-19-14-23-22(28(12-7-8-13-34-5)24(30)18(4)35-23)15-21(19)25(31)29(17(2)3)20-10-9-11-27(16-20)26(32)33/h14-15,17-18,20H,6-13,16H2,1-5H3,(H,32,33)/t18-,20-/m1/s1. The molecule has 2 aliphatic heterocycles. The zero-order valence-electron chi connectivity index (χ0n) is 21.6. The molecule has 9 heteroatoms. The smallest absolute Gasteiger partial charge is 0.407 e. The number of likely N-dealkylation sites (tertiary alicyclic amines) is 1. The van der Waals surface area contributed by atoms with E-state index in [-0.39, 0.29) is 23.9 Å². The predicted octanol–water partition coefficient (Wildman–Crippen LogP) is 3.78. The summed E-state index contributed by atoms with van der Waals surface area (Å²) in [6, 6.07) is 3.38. The number of carbonyl (C=O) groups excluding carboxylic acids is 2. The maximum Gasteiger partial charge on any atom is 0.407 e. The molecular weight excluding hydrogens is 450 g/mol. The first-order valence-electron chi connectivity index (χ1n) is 12.6. The van der Waals surface area contributed by atoms with Crippen LogP contribution in [0.15, 0.2) is 12.1 Å². The Hall–Kier alpha value is -2.81. The number of hydrogen-bond donors (Lipinski definition) is 1. The zero-order chi connectivity index (χ0) is 25.7. The second kappa shape index (κ2) is 11.7. The summed E-state index contributed by atoms with van der Waals surface area (Å²) in [7, 11) is 1.66. The van der Waals surface area contributed by atoms with E-state index >= 15 is 0 Å². The molecular formula is C26H39N3O6. The van der Waals surface area contributed by atoms with E-state index < -0.39 is 12.2 Å². The molecule has 0 aliphatic carbocycles. The number of unbranched alkanes of at least 4 members (excludes halogenated alkanes) is 1. The molecule has 2 heterocycles. The largest absolute Gasteiger partial charge is 0.479 e. The summed E-state index contributed by atoms with van der Waals surface area (Å²) in [5.41, 5.74) is 2.01. The molecule has 2 atom stereocenters. The fraction of sp³-hybridized carbons (Fsp3) is 0.654. The van der Waals surface area contributed by atoms with Crippen LogP contribution >= 0.6 is 0 Å². The molecule has 2 aliphatic rings. The van der Waals surface area contributed by atoms with Gasteiger partial charge in [-0.1, -0.05) is 6.92 Å². The fourth-order valence-corrected chi connectivity index (χ4v) is 5.05. The highest BCUT2D eigenvalue weighted by molar-refractivity contribution is 6.03. The van der Waals surface area contributed by atoms with Crippen molar-refractivity contribution in [2.75, 3.05) is 38.3 Å². The Kier molecular flexibility index (Phi) is 8.99. The van der Waals surface area contributed by atoms with Gasteiger partial charge in [-0.3, -0.25) is 9.59 Å². The molecule has 0 bridgehead atoms. The summed E-state index contributed by atoms with van der Waals surface area (Å²) < 4.78 is 11.1. The third-order valence-corrected chi connectivity index (χ3v) is 6.84. The Morgan fingerprint density at radius 3 is 2.66 bits per heavy atom. The lowest BCUT2D eigenvalue weighted by atomic mass is 9.97. The van der Waals surface area contributed by atoms with Crippen LogP contribution in [-0.4, -0.2) is 84.4 Å². The predicted molar refractivity (Wildman–Crippen MR) is 133 cm³/mol. The van der Waals surface area contributed by atoms with E-state index in [9.17, 15) is 19.5 Å². The van der Waals surface area contributed by atoms with Gasteiger partial charge in [0.2, 0.25) is 0 Å². The average Bonchev–Trinajstić information content (AvgIpc) is 2.83. The van der Waals surface area contributed by atoms with Gasteiger partial charge >= 0.3 is 6.09 Å². The van der Waals surface area contributed by atoms with Crippen LogP contribution in [-0.2, 0) is 16.0 Å². The van der Waals surface area contributed by atoms with Gasteiger partial charge in [0, 0.05) is 45.0 Å². The topological polar surface area (TPSA) is 99.6 Å². The lowest BCUT2D eigenvalue weighted by molar-refractivity contribution is -0.125. The van der Waals surface area contributed by atoms with Crippen molar-refractivity contribution in [3.8, 4) is 5.75 Å². The molecule has 0 spiro atoms. The van der Waals surface area contributed by atoms with E-state index in [1.54, 1.807) is 25.0 Å². The van der Waals surface area contributed by atoms with Gasteiger partial charge in [-0.15, -0.1) is 0 Å². The summed E-state index contributed by atoms with van der Waals surface area (Å²) in [6.07, 6.45) is 2.16. The highest BCUT2D eigenvalue weighted by Gasteiger charge is 2.36. The highest BCUT2D eigenvalue weighted by atomic mass is 16.5. The van der Waals surface area contributed by atoms with Gasteiger partial charge in [-0.2, -0.15) is 0 Å². The number of nitrogens with zero attached hydrogens (tertiary/aromatic N) is 3. The first-order chi connectivity index (χ1) is 16.7. The number of carbonyl (C=O) groups is 3. The highest BCUT2D eigenvalue weighted by Crippen LogP contribution is 2.38. The molecule has 35 heavy (non-hydrogen) atoms. The van der Waals surface area contributed by atoms with Crippen LogP contribution in [0.4, 0.5) is 10.5 Å². The van der Waals surface area contributed by atoms with Crippen LogP contribution in [0.3, 0.4) is 0 Å². The minimum absolute atomic E-state index is 0.106. The van der Waals surface area contributed by atoms with E-state index in [1.165, 1.54) is 4.90 Å². The van der Waals surface area contributed by atoms with Crippen LogP contribution in [0.25, 0.3) is 0 Å². The third kappa shape index (κ3) is 5.89. The van der Waals surface area contributed by atoms with Gasteiger partial charge in [0.25, 0.3) is 11.8 Å². The van der Waals surface area contributed by atoms with Crippen molar-refractivity contribution in [2.24, 2.45) is 0 Å². The second-order valence-electron chi connectivity index (χ2n) is 9.61. The number of piperidine rings is 1. The van der Waals surface area contributed by atoms with Crippen molar-refractivity contribution < 1.29 is 29.0 Å². The first-order valence-corrected chi connectivity index (χ1v) is 12.6. The van der Waals surface area contributed by atoms with Gasteiger partial charge in [0.1, 0.15) is 5.75 Å². The fourth-order valence-electron chi connectivity index (χ4n) is 5.05. The molecule has 1 saturated heterocycles. The average molecular weight is 490 g/mol. The third-order valence-electron chi connectivity index (χ3n) is 6.84. The van der Waals surface area contributed by atoms with Gasteiger partial charge in [0.05, 0.1) is 11.7 Å². The summed E-state index contributed by atoms with van der Waals surface area (Å²) in [4.78, 5) is 43.5. The van der Waals surface area contributed by atoms with Crippen molar-refractivity contribution in [1.29, 1.82) is 0 Å². The Labute approximate surface area is 208 Å². The minimum atomic E-state index is -0.956. The van der Waals surface area contributed by atoms with Gasteiger partial charge in [-0.25, -0.2) is 4.79 Å². The molecule has 0 unspecified atom stereocenters. The van der Waals surface area contributed by atoms with Crippen molar-refractivity contribution in [1.82, 2.24) is 9.80 Å². The number of fused-ring (bicyclic) bond motifs is 1. The molecule has 0 radical (unpaired) electrons. The number of hydrogen-bond acceptors (Lipinski definition) is 5. The monoisotopic (exact) mass is 489 g/mol. The summed E-state index contributed by atoms with van der Waals surface area (Å²) in [6.45, 7) is 9.58. The van der Waals surface area contributed by atoms with E-state index in [2.05, 4.69) is 0 Å². The van der Waals surface area contributed by atoms with Crippen LogP contribution in [0.5, 0.6) is 5.75 Å². The Morgan fingerprint density at radius 2 is 2.03 bits per heavy atom. The summed E-state index contributed by atoms with van der Waals surface area (Å²) in [5, 5.41) is 9.49. The summed E-state index contributed by atoms with van der Waals surface area (Å²) >= 11 is 0. The molecule has 1 N–H and O–H groups in total. The number of ether oxygens (including phenoxy) is 2. The maximum atomic E-state index is 14.0. The number of rotatable bonds is 9. The van der Waals surface area contributed by atoms with E-state index in [0.717, 1.165) is 24.8 Å². The molecule has 9 nitrogen and oxygen atoms in total. The molecule has 3 amide bonds. The molecule has 0 aromatic heterocycles. The molecule has 1 aromatic carbocycles. The minimum Gasteiger partial charge on any atom is -0.479 e. The number of amides is 3. The summed E-state index contributed by atoms with van der Waals surface area (Å²) in [5.74, 6) is 0.355. The molecule has 3 rings (SSSR count). The quantitative estimate of drug-likeness (QED) is 0.530. The zero-order valence-corrected chi connectivity index (χ0v) is 21.6. The Morgan fingerprint density at radius 1 is 1.29 bits per heavy atom. The van der Waals surface area contributed by atoms with E-state index in [1.807, 2.05) is 31.7 Å². The SMILES string of the molecule is CCc1cc2c(cc1C(=O)N(C(C)C)[C@@H]1CCCN(C(=O)O)C1)N(CCCCOC)C(=O)[C@@H](C)O2. The number of benzene rings is 1. The van der Waals surface area contributed by atoms with E-state index in [4.69, 9.17) is 9.47 Å². The normalized spacial score (nSPS) is 20.0. The van der Waals surface area contributed by atoms with Crippen LogP contribution in [0.2, 0.25) is 0 Å². The van der Waals surface area contributed by atoms with E-state index in [0.29, 0.717) is 56.1 Å². The van der Waals surface area contributed by atoms with Crippen molar-refractivity contribution >= 4 is 23.6 Å². The first kappa shape index (κ1) is 26.8. The molecule has 1 fully saturated rings. The second-order valence-corrected chi connectivity index (χ2v) is 9.61. The van der Waals surface area contributed by atoms with Crippen LogP contribution in [0, 0.1) is 0 Å². The van der Waals surface area contributed by atoms with Gasteiger partial charge < -0.3 is 29.3 Å². The Balaban J connectivity index is 1.97. The van der Waals surface area contributed by atoms with Crippen LogP contribution in [0.1, 0.15) is 69.3 Å². The molecule has 194 valence electrons. The van der Waals surface area contributed by atoms with Gasteiger partial charge in [0.15, 0.2) is 6.10 Å². The van der Waals surface area contributed by atoms with Crippen LogP contribution < -0.4 is 9.64 Å². The lowest BCUT2D eigenvalue weighted by Crippen LogP contribution is -2.54. The number of methoxy groups -OCH3 is 1.